The van der Waals surface area contributed by atoms with Crippen LogP contribution in [0, 0.1) is 0 Å². The fraction of sp³-hybridized carbons (Fsp3) is 0.625. The zero-order chi connectivity index (χ0) is 14.5. The number of β-amino-alcohol motifs (C(OH)–C–C–N with tert-alkyl or cyclic N) is 1. The summed E-state index contributed by atoms with van der Waals surface area (Å²) in [6, 6.07) is 8.28. The molecule has 1 unspecified atom stereocenters. The van der Waals surface area contributed by atoms with Crippen LogP contribution in [0.25, 0.3) is 0 Å². The number of hydrogen-bond donors (Lipinski definition) is 3. The highest BCUT2D eigenvalue weighted by Gasteiger charge is 2.12. The smallest absolute Gasteiger partial charge is 0.0836 e. The van der Waals surface area contributed by atoms with Crippen molar-refractivity contribution in [2.24, 2.45) is 0 Å². The van der Waals surface area contributed by atoms with Crippen LogP contribution in [0.3, 0.4) is 0 Å². The van der Waals surface area contributed by atoms with Crippen molar-refractivity contribution < 1.29 is 5.11 Å². The molecule has 0 fully saturated rings. The summed E-state index contributed by atoms with van der Waals surface area (Å²) in [5.74, 6) is 0.480. The third-order valence-corrected chi connectivity index (χ3v) is 2.98. The van der Waals surface area contributed by atoms with Gasteiger partial charge in [0.15, 0.2) is 0 Å². The first kappa shape index (κ1) is 16.0. The Kier molecular flexibility index (Phi) is 5.83. The van der Waals surface area contributed by atoms with E-state index in [9.17, 15) is 5.11 Å². The number of aliphatic hydroxyl groups is 1. The van der Waals surface area contributed by atoms with Crippen molar-refractivity contribution in [3.63, 3.8) is 0 Å². The Balaban J connectivity index is 2.48. The molecule has 3 nitrogen and oxygen atoms in total. The number of hydrogen-bond acceptors (Lipinski definition) is 3. The first-order chi connectivity index (χ1) is 8.79. The third kappa shape index (κ3) is 6.08. The molecule has 108 valence electrons. The molecule has 0 saturated carbocycles. The summed E-state index contributed by atoms with van der Waals surface area (Å²) >= 11 is 0. The molecule has 1 aromatic rings. The Morgan fingerprint density at radius 2 is 1.74 bits per heavy atom. The van der Waals surface area contributed by atoms with Gasteiger partial charge in [0.25, 0.3) is 0 Å². The molecule has 3 N–H and O–H groups in total. The predicted molar refractivity (Wildman–Crippen MR) is 82.8 cm³/mol. The van der Waals surface area contributed by atoms with E-state index in [4.69, 9.17) is 0 Å². The number of nitrogens with one attached hydrogen (secondary N) is 2. The normalized spacial score (nSPS) is 13.6. The van der Waals surface area contributed by atoms with E-state index in [1.54, 1.807) is 0 Å². The van der Waals surface area contributed by atoms with Gasteiger partial charge < -0.3 is 15.7 Å². The Bertz CT molecular complexity index is 383. The van der Waals surface area contributed by atoms with E-state index in [0.29, 0.717) is 19.0 Å². The summed E-state index contributed by atoms with van der Waals surface area (Å²) in [5.41, 5.74) is 2.45. The summed E-state index contributed by atoms with van der Waals surface area (Å²) in [7, 11) is 0. The van der Waals surface area contributed by atoms with Crippen molar-refractivity contribution in [1.29, 1.82) is 0 Å². The summed E-state index contributed by atoms with van der Waals surface area (Å²) in [6.45, 7) is 11.8. The van der Waals surface area contributed by atoms with Gasteiger partial charge in [0.05, 0.1) is 6.10 Å². The van der Waals surface area contributed by atoms with Gasteiger partial charge >= 0.3 is 0 Å². The second-order valence-electron chi connectivity index (χ2n) is 6.41. The minimum atomic E-state index is -0.389. The van der Waals surface area contributed by atoms with E-state index >= 15 is 0 Å². The molecule has 1 atom stereocenters. The van der Waals surface area contributed by atoms with Crippen LogP contribution in [0.2, 0.25) is 0 Å². The van der Waals surface area contributed by atoms with Crippen LogP contribution in [0.15, 0.2) is 24.3 Å². The molecule has 0 aliphatic rings. The van der Waals surface area contributed by atoms with Gasteiger partial charge in [-0.2, -0.15) is 0 Å². The van der Waals surface area contributed by atoms with Gasteiger partial charge in [-0.25, -0.2) is 0 Å². The fourth-order valence-electron chi connectivity index (χ4n) is 1.89. The molecular weight excluding hydrogens is 236 g/mol. The monoisotopic (exact) mass is 264 g/mol. The Morgan fingerprint density at radius 3 is 2.32 bits per heavy atom. The fourth-order valence-corrected chi connectivity index (χ4v) is 1.89. The zero-order valence-corrected chi connectivity index (χ0v) is 12.8. The molecular formula is C16H28N2O. The summed E-state index contributed by atoms with van der Waals surface area (Å²) in [4.78, 5) is 0. The first-order valence-corrected chi connectivity index (χ1v) is 7.05. The Labute approximate surface area is 117 Å². The van der Waals surface area contributed by atoms with Crippen LogP contribution in [0.5, 0.6) is 0 Å². The maximum Gasteiger partial charge on any atom is 0.0836 e. The van der Waals surface area contributed by atoms with Crippen LogP contribution in [-0.2, 0) is 0 Å². The molecule has 0 heterocycles. The van der Waals surface area contributed by atoms with Gasteiger partial charge in [-0.05, 0) is 38.3 Å². The summed E-state index contributed by atoms with van der Waals surface area (Å²) in [6.07, 6.45) is -0.389. The topological polar surface area (TPSA) is 44.3 Å². The predicted octanol–water partition coefficient (Wildman–Crippen LogP) is 2.97. The lowest BCUT2D eigenvalue weighted by atomic mass is 10.0. The lowest BCUT2D eigenvalue weighted by Crippen LogP contribution is -2.42. The van der Waals surface area contributed by atoms with Gasteiger partial charge in [-0.15, -0.1) is 0 Å². The first-order valence-electron chi connectivity index (χ1n) is 7.05. The lowest BCUT2D eigenvalue weighted by molar-refractivity contribution is 0.172. The van der Waals surface area contributed by atoms with E-state index in [0.717, 1.165) is 5.69 Å². The van der Waals surface area contributed by atoms with Crippen molar-refractivity contribution in [1.82, 2.24) is 5.32 Å². The molecule has 0 amide bonds. The average molecular weight is 264 g/mol. The molecule has 0 radical (unpaired) electrons. The van der Waals surface area contributed by atoms with E-state index < -0.39 is 0 Å². The van der Waals surface area contributed by atoms with Crippen LogP contribution < -0.4 is 10.6 Å². The van der Waals surface area contributed by atoms with Crippen molar-refractivity contribution in [2.75, 3.05) is 18.4 Å². The van der Waals surface area contributed by atoms with Gasteiger partial charge in [0.2, 0.25) is 0 Å². The molecule has 19 heavy (non-hydrogen) atoms. The van der Waals surface area contributed by atoms with Crippen LogP contribution in [0.1, 0.15) is 46.1 Å². The molecule has 1 aromatic carbocycles. The van der Waals surface area contributed by atoms with E-state index in [1.807, 2.05) is 6.07 Å². The number of para-hydroxylation sites is 1. The number of benzene rings is 1. The van der Waals surface area contributed by atoms with Crippen molar-refractivity contribution in [3.05, 3.63) is 29.8 Å². The zero-order valence-electron chi connectivity index (χ0n) is 12.8. The maximum atomic E-state index is 9.98. The highest BCUT2D eigenvalue weighted by molar-refractivity contribution is 5.52. The SMILES string of the molecule is CC(C)c1ccccc1NCC(O)CNC(C)(C)C. The molecule has 0 aliphatic heterocycles. The minimum Gasteiger partial charge on any atom is -0.390 e. The second kappa shape index (κ2) is 6.92. The lowest BCUT2D eigenvalue weighted by Gasteiger charge is -2.23. The maximum absolute atomic E-state index is 9.98. The number of anilines is 1. The van der Waals surface area contributed by atoms with Gasteiger partial charge in [-0.3, -0.25) is 0 Å². The van der Waals surface area contributed by atoms with Crippen LogP contribution >= 0.6 is 0 Å². The summed E-state index contributed by atoms with van der Waals surface area (Å²) < 4.78 is 0. The standard InChI is InChI=1S/C16H28N2O/c1-12(2)14-8-6-7-9-15(14)17-10-13(19)11-18-16(3,4)5/h6-9,12-13,17-19H,10-11H2,1-5H3. The molecule has 3 heteroatoms. The van der Waals surface area contributed by atoms with Crippen molar-refractivity contribution >= 4 is 5.69 Å². The largest absolute Gasteiger partial charge is 0.390 e. The molecule has 0 spiro atoms. The van der Waals surface area contributed by atoms with Crippen molar-refractivity contribution in [3.8, 4) is 0 Å². The highest BCUT2D eigenvalue weighted by Crippen LogP contribution is 2.23. The van der Waals surface area contributed by atoms with Crippen LogP contribution in [0.4, 0.5) is 5.69 Å². The molecule has 0 aromatic heterocycles. The second-order valence-corrected chi connectivity index (χ2v) is 6.41. The van der Waals surface area contributed by atoms with Crippen molar-refractivity contribution in [2.45, 2.75) is 52.2 Å². The highest BCUT2D eigenvalue weighted by atomic mass is 16.3. The number of rotatable bonds is 6. The van der Waals surface area contributed by atoms with E-state index in [2.05, 4.69) is 63.5 Å². The Morgan fingerprint density at radius 1 is 1.11 bits per heavy atom. The van der Waals surface area contributed by atoms with E-state index in [-0.39, 0.29) is 11.6 Å². The quantitative estimate of drug-likeness (QED) is 0.740. The molecule has 0 bridgehead atoms. The van der Waals surface area contributed by atoms with Gasteiger partial charge in [-0.1, -0.05) is 32.0 Å². The number of aliphatic hydroxyl groups excluding tert-OH is 1. The Hall–Kier alpha value is -1.06. The molecule has 0 aliphatic carbocycles. The van der Waals surface area contributed by atoms with Gasteiger partial charge in [0.1, 0.15) is 0 Å². The molecule has 0 saturated heterocycles. The summed E-state index contributed by atoms with van der Waals surface area (Å²) in [5, 5.41) is 16.6. The third-order valence-electron chi connectivity index (χ3n) is 2.98. The van der Waals surface area contributed by atoms with Crippen LogP contribution in [-0.4, -0.2) is 29.8 Å². The van der Waals surface area contributed by atoms with Gasteiger partial charge in [0, 0.05) is 24.3 Å². The van der Waals surface area contributed by atoms with E-state index in [1.165, 1.54) is 5.56 Å². The minimum absolute atomic E-state index is 0.0385. The average Bonchev–Trinajstić information content (AvgIpc) is 2.33. The molecule has 1 rings (SSSR count).